The predicted molar refractivity (Wildman–Crippen MR) is 71.7 cm³/mol. The second-order valence-electron chi connectivity index (χ2n) is 5.34. The Kier molecular flexibility index (Phi) is 4.19. The van der Waals surface area contributed by atoms with Gasteiger partial charge in [0, 0.05) is 19.2 Å². The van der Waals surface area contributed by atoms with Crippen molar-refractivity contribution in [3.8, 4) is 0 Å². The van der Waals surface area contributed by atoms with Gasteiger partial charge in [-0.2, -0.15) is 0 Å². The lowest BCUT2D eigenvalue weighted by Gasteiger charge is -2.34. The average molecular weight is 270 g/mol. The highest BCUT2D eigenvalue weighted by Gasteiger charge is 2.25. The van der Waals surface area contributed by atoms with E-state index >= 15 is 0 Å². The first-order valence-corrected chi connectivity index (χ1v) is 6.60. The quantitative estimate of drug-likeness (QED) is 0.654. The van der Waals surface area contributed by atoms with Gasteiger partial charge in [0.25, 0.3) is 0 Å². The molecule has 4 nitrogen and oxygen atoms in total. The molecule has 6 heteroatoms. The van der Waals surface area contributed by atoms with E-state index in [0.717, 1.165) is 32.0 Å². The maximum Gasteiger partial charge on any atom is 0.178 e. The van der Waals surface area contributed by atoms with Crippen molar-refractivity contribution in [2.75, 3.05) is 23.4 Å². The minimum absolute atomic E-state index is 0.123. The molecule has 1 fully saturated rings. The monoisotopic (exact) mass is 270 g/mol. The zero-order valence-electron chi connectivity index (χ0n) is 11.3. The molecule has 0 unspecified atom stereocenters. The number of rotatable bonds is 3. The second-order valence-corrected chi connectivity index (χ2v) is 5.34. The van der Waals surface area contributed by atoms with E-state index in [-0.39, 0.29) is 11.6 Å². The Morgan fingerprint density at radius 3 is 2.47 bits per heavy atom. The van der Waals surface area contributed by atoms with Gasteiger partial charge in [0.05, 0.1) is 0 Å². The fourth-order valence-corrected chi connectivity index (χ4v) is 2.56. The number of halogens is 2. The Labute approximate surface area is 112 Å². The highest BCUT2D eigenvalue weighted by molar-refractivity contribution is 5.49. The van der Waals surface area contributed by atoms with Crippen molar-refractivity contribution in [2.45, 2.75) is 26.7 Å². The molecule has 1 aliphatic heterocycles. The summed E-state index contributed by atoms with van der Waals surface area (Å²) in [6.07, 6.45) is 2.00. The number of nitrogen functional groups attached to an aromatic ring is 1. The molecule has 0 aliphatic carbocycles. The number of pyridine rings is 1. The van der Waals surface area contributed by atoms with Crippen molar-refractivity contribution >= 4 is 11.6 Å². The van der Waals surface area contributed by atoms with Crippen LogP contribution in [0.5, 0.6) is 0 Å². The third kappa shape index (κ3) is 2.94. The number of nitrogens with zero attached hydrogens (tertiary/aromatic N) is 2. The number of hydrazine groups is 1. The van der Waals surface area contributed by atoms with E-state index in [9.17, 15) is 8.78 Å². The highest BCUT2D eigenvalue weighted by atomic mass is 19.1. The first kappa shape index (κ1) is 14.0. The first-order valence-electron chi connectivity index (χ1n) is 6.60. The van der Waals surface area contributed by atoms with Crippen LogP contribution >= 0.6 is 0 Å². The number of piperidine rings is 1. The van der Waals surface area contributed by atoms with Gasteiger partial charge in [-0.25, -0.2) is 19.6 Å². The molecule has 3 N–H and O–H groups in total. The van der Waals surface area contributed by atoms with Crippen LogP contribution in [0.3, 0.4) is 0 Å². The van der Waals surface area contributed by atoms with Gasteiger partial charge in [-0.15, -0.1) is 0 Å². The van der Waals surface area contributed by atoms with Gasteiger partial charge < -0.3 is 10.3 Å². The number of nitrogens with one attached hydrogen (secondary N) is 1. The van der Waals surface area contributed by atoms with Crippen molar-refractivity contribution in [3.63, 3.8) is 0 Å². The number of aromatic nitrogens is 1. The Balaban J connectivity index is 2.15. The Bertz CT molecular complexity index is 443. The molecule has 0 aromatic carbocycles. The molecule has 1 aromatic rings. The maximum absolute atomic E-state index is 13.8. The molecular weight excluding hydrogens is 250 g/mol. The molecule has 2 rings (SSSR count). The third-order valence-electron chi connectivity index (χ3n) is 3.83. The molecule has 1 aromatic heterocycles. The lowest BCUT2D eigenvalue weighted by Crippen LogP contribution is -2.36. The molecular formula is C13H20F2N4. The van der Waals surface area contributed by atoms with Crippen molar-refractivity contribution in [1.82, 2.24) is 4.98 Å². The largest absolute Gasteiger partial charge is 0.354 e. The molecule has 0 saturated carbocycles. The SMILES string of the molecule is CC(C)C1CCN(c2nc(NN)c(F)cc2F)CC1. The molecule has 0 amide bonds. The number of hydrogen-bond donors (Lipinski definition) is 2. The Morgan fingerprint density at radius 1 is 1.32 bits per heavy atom. The van der Waals surface area contributed by atoms with Crippen molar-refractivity contribution in [3.05, 3.63) is 17.7 Å². The van der Waals surface area contributed by atoms with Crippen molar-refractivity contribution in [1.29, 1.82) is 0 Å². The second kappa shape index (κ2) is 5.69. The third-order valence-corrected chi connectivity index (χ3v) is 3.83. The van der Waals surface area contributed by atoms with Gasteiger partial charge in [-0.1, -0.05) is 13.8 Å². The summed E-state index contributed by atoms with van der Waals surface area (Å²) < 4.78 is 27.1. The van der Waals surface area contributed by atoms with E-state index in [1.54, 1.807) is 0 Å². The fraction of sp³-hybridized carbons (Fsp3) is 0.615. The van der Waals surface area contributed by atoms with E-state index in [1.165, 1.54) is 0 Å². The average Bonchev–Trinajstić information content (AvgIpc) is 2.39. The van der Waals surface area contributed by atoms with Crippen LogP contribution in [-0.4, -0.2) is 18.1 Å². The van der Waals surface area contributed by atoms with Gasteiger partial charge in [0.1, 0.15) is 0 Å². The van der Waals surface area contributed by atoms with E-state index < -0.39 is 11.6 Å². The summed E-state index contributed by atoms with van der Waals surface area (Å²) >= 11 is 0. The van der Waals surface area contributed by atoms with Crippen molar-refractivity contribution in [2.24, 2.45) is 17.7 Å². The van der Waals surface area contributed by atoms with Gasteiger partial charge in [-0.05, 0) is 24.7 Å². The maximum atomic E-state index is 13.8. The van der Waals surface area contributed by atoms with Crippen LogP contribution in [0.2, 0.25) is 0 Å². The molecule has 1 saturated heterocycles. The summed E-state index contributed by atoms with van der Waals surface area (Å²) in [5.41, 5.74) is 2.15. The summed E-state index contributed by atoms with van der Waals surface area (Å²) in [5.74, 6) is 5.10. The minimum atomic E-state index is -0.777. The van der Waals surface area contributed by atoms with E-state index in [1.807, 2.05) is 4.90 Å². The zero-order valence-corrected chi connectivity index (χ0v) is 11.3. The van der Waals surface area contributed by atoms with Crippen LogP contribution in [0.15, 0.2) is 6.07 Å². The molecule has 0 atom stereocenters. The number of anilines is 2. The van der Waals surface area contributed by atoms with Crippen LogP contribution in [0, 0.1) is 23.5 Å². The number of hydrogen-bond acceptors (Lipinski definition) is 4. The van der Waals surface area contributed by atoms with Gasteiger partial charge >= 0.3 is 0 Å². The minimum Gasteiger partial charge on any atom is -0.354 e. The summed E-state index contributed by atoms with van der Waals surface area (Å²) in [5, 5.41) is 0. The normalized spacial score (nSPS) is 17.1. The zero-order chi connectivity index (χ0) is 14.0. The van der Waals surface area contributed by atoms with Crippen LogP contribution in [0.25, 0.3) is 0 Å². The van der Waals surface area contributed by atoms with Gasteiger partial charge in [-0.3, -0.25) is 0 Å². The van der Waals surface area contributed by atoms with Gasteiger partial charge in [0.15, 0.2) is 23.3 Å². The molecule has 19 heavy (non-hydrogen) atoms. The van der Waals surface area contributed by atoms with E-state index in [4.69, 9.17) is 5.84 Å². The Hall–Kier alpha value is -1.43. The lowest BCUT2D eigenvalue weighted by atomic mass is 9.87. The van der Waals surface area contributed by atoms with Crippen LogP contribution in [0.4, 0.5) is 20.4 Å². The van der Waals surface area contributed by atoms with Crippen molar-refractivity contribution < 1.29 is 8.78 Å². The van der Waals surface area contributed by atoms with Crippen LogP contribution < -0.4 is 16.2 Å². The molecule has 0 bridgehead atoms. The fourth-order valence-electron chi connectivity index (χ4n) is 2.56. The van der Waals surface area contributed by atoms with E-state index in [0.29, 0.717) is 11.8 Å². The molecule has 0 spiro atoms. The topological polar surface area (TPSA) is 54.2 Å². The van der Waals surface area contributed by atoms with Crippen LogP contribution in [0.1, 0.15) is 26.7 Å². The molecule has 106 valence electrons. The lowest BCUT2D eigenvalue weighted by molar-refractivity contribution is 0.309. The Morgan fingerprint density at radius 2 is 1.95 bits per heavy atom. The van der Waals surface area contributed by atoms with Gasteiger partial charge in [0.2, 0.25) is 0 Å². The summed E-state index contributed by atoms with van der Waals surface area (Å²) in [7, 11) is 0. The smallest absolute Gasteiger partial charge is 0.178 e. The first-order chi connectivity index (χ1) is 9.02. The highest BCUT2D eigenvalue weighted by Crippen LogP contribution is 2.29. The summed E-state index contributed by atoms with van der Waals surface area (Å²) in [6.45, 7) is 5.88. The summed E-state index contributed by atoms with van der Waals surface area (Å²) in [6, 6.07) is 0.825. The standard InChI is InChI=1S/C13H20F2N4/c1-8(2)9-3-5-19(6-4-9)13-11(15)7-10(14)12(17-13)18-16/h7-9H,3-6,16H2,1-2H3,(H,17,18). The van der Waals surface area contributed by atoms with Crippen LogP contribution in [-0.2, 0) is 0 Å². The summed E-state index contributed by atoms with van der Waals surface area (Å²) in [4.78, 5) is 5.78. The molecule has 2 heterocycles. The number of nitrogens with two attached hydrogens (primary N) is 1. The predicted octanol–water partition coefficient (Wildman–Crippen LogP) is 2.52. The molecule has 1 aliphatic rings. The molecule has 0 radical (unpaired) electrons. The van der Waals surface area contributed by atoms with E-state index in [2.05, 4.69) is 24.3 Å².